The van der Waals surface area contributed by atoms with E-state index in [4.69, 9.17) is 5.73 Å². The Bertz CT molecular complexity index is 417. The van der Waals surface area contributed by atoms with Crippen molar-refractivity contribution in [1.29, 1.82) is 0 Å². The molecule has 110 valence electrons. The molecule has 0 aromatic heterocycles. The summed E-state index contributed by atoms with van der Waals surface area (Å²) in [5.74, 6) is 1.47. The van der Waals surface area contributed by atoms with Gasteiger partial charge in [-0.25, -0.2) is 0 Å². The van der Waals surface area contributed by atoms with E-state index in [1.54, 1.807) is 0 Å². The molecule has 2 aliphatic rings. The summed E-state index contributed by atoms with van der Waals surface area (Å²) in [6.45, 7) is 4.39. The van der Waals surface area contributed by atoms with Crippen LogP contribution in [0.1, 0.15) is 50.5 Å². The summed E-state index contributed by atoms with van der Waals surface area (Å²) < 4.78 is 0. The molecule has 4 unspecified atom stereocenters. The second kappa shape index (κ2) is 6.28. The first-order chi connectivity index (χ1) is 9.81. The number of nitrogens with two attached hydrogens (primary N) is 1. The van der Waals surface area contributed by atoms with Gasteiger partial charge in [-0.3, -0.25) is 4.90 Å². The summed E-state index contributed by atoms with van der Waals surface area (Å²) in [4.78, 5) is 2.75. The Morgan fingerprint density at radius 2 is 1.90 bits per heavy atom. The molecule has 2 fully saturated rings. The Morgan fingerprint density at radius 3 is 2.65 bits per heavy atom. The van der Waals surface area contributed by atoms with E-state index in [0.717, 1.165) is 18.5 Å². The van der Waals surface area contributed by atoms with Crippen LogP contribution in [0, 0.1) is 5.92 Å². The Labute approximate surface area is 123 Å². The standard InChI is InChI=1S/C18H28N2/c1-14(15-7-3-2-4-8-15)18(13-19)20-12-11-16-9-5-6-10-17(16)20/h2-4,7-8,14,16-18H,5-6,9-13,19H2,1H3. The predicted molar refractivity (Wildman–Crippen MR) is 84.8 cm³/mol. The topological polar surface area (TPSA) is 29.3 Å². The third-order valence-corrected chi connectivity index (χ3v) is 5.62. The normalized spacial score (nSPS) is 29.9. The zero-order valence-corrected chi connectivity index (χ0v) is 12.7. The summed E-state index contributed by atoms with van der Waals surface area (Å²) in [6, 6.07) is 12.2. The van der Waals surface area contributed by atoms with Crippen LogP contribution < -0.4 is 5.73 Å². The lowest BCUT2D eigenvalue weighted by Gasteiger charge is -2.39. The number of nitrogens with zero attached hydrogens (tertiary/aromatic N) is 1. The molecule has 0 radical (unpaired) electrons. The average Bonchev–Trinajstić information content (AvgIpc) is 2.93. The van der Waals surface area contributed by atoms with Crippen molar-refractivity contribution in [2.75, 3.05) is 13.1 Å². The van der Waals surface area contributed by atoms with Crippen LogP contribution in [0.2, 0.25) is 0 Å². The van der Waals surface area contributed by atoms with E-state index in [9.17, 15) is 0 Å². The summed E-state index contributed by atoms with van der Waals surface area (Å²) in [5, 5.41) is 0. The molecule has 1 heterocycles. The summed E-state index contributed by atoms with van der Waals surface area (Å²) in [5.41, 5.74) is 7.60. The average molecular weight is 272 g/mol. The molecule has 1 aliphatic heterocycles. The molecular weight excluding hydrogens is 244 g/mol. The number of hydrogen-bond donors (Lipinski definition) is 1. The smallest absolute Gasteiger partial charge is 0.0287 e. The maximum absolute atomic E-state index is 6.17. The first-order valence-corrected chi connectivity index (χ1v) is 8.32. The number of benzene rings is 1. The molecule has 1 aromatic carbocycles. The molecule has 2 nitrogen and oxygen atoms in total. The molecule has 0 amide bonds. The minimum Gasteiger partial charge on any atom is -0.329 e. The number of fused-ring (bicyclic) bond motifs is 1. The molecule has 4 atom stereocenters. The van der Waals surface area contributed by atoms with Crippen LogP contribution in [-0.2, 0) is 0 Å². The van der Waals surface area contributed by atoms with Crippen molar-refractivity contribution in [1.82, 2.24) is 4.90 Å². The van der Waals surface area contributed by atoms with E-state index in [2.05, 4.69) is 42.2 Å². The van der Waals surface area contributed by atoms with Crippen LogP contribution in [0.25, 0.3) is 0 Å². The minimum absolute atomic E-state index is 0.505. The quantitative estimate of drug-likeness (QED) is 0.910. The van der Waals surface area contributed by atoms with Gasteiger partial charge in [-0.1, -0.05) is 50.1 Å². The van der Waals surface area contributed by atoms with Crippen LogP contribution in [0.5, 0.6) is 0 Å². The predicted octanol–water partition coefficient (Wildman–Crippen LogP) is 3.38. The SMILES string of the molecule is CC(c1ccccc1)C(CN)N1CCC2CCCCC21. The summed E-state index contributed by atoms with van der Waals surface area (Å²) in [6.07, 6.45) is 7.08. The lowest BCUT2D eigenvalue weighted by Crippen LogP contribution is -2.48. The number of hydrogen-bond acceptors (Lipinski definition) is 2. The molecule has 0 bridgehead atoms. The van der Waals surface area contributed by atoms with Gasteiger partial charge in [0.2, 0.25) is 0 Å². The lowest BCUT2D eigenvalue weighted by molar-refractivity contribution is 0.121. The highest BCUT2D eigenvalue weighted by molar-refractivity contribution is 5.21. The van der Waals surface area contributed by atoms with Crippen LogP contribution in [0.3, 0.4) is 0 Å². The van der Waals surface area contributed by atoms with Crippen molar-refractivity contribution in [3.8, 4) is 0 Å². The van der Waals surface area contributed by atoms with Gasteiger partial charge in [-0.05, 0) is 43.2 Å². The van der Waals surface area contributed by atoms with Gasteiger partial charge in [-0.2, -0.15) is 0 Å². The number of rotatable bonds is 4. The fraction of sp³-hybridized carbons (Fsp3) is 0.667. The summed E-state index contributed by atoms with van der Waals surface area (Å²) >= 11 is 0. The fourth-order valence-electron chi connectivity index (χ4n) is 4.46. The van der Waals surface area contributed by atoms with Gasteiger partial charge in [-0.15, -0.1) is 0 Å². The van der Waals surface area contributed by atoms with Gasteiger partial charge >= 0.3 is 0 Å². The molecule has 20 heavy (non-hydrogen) atoms. The molecule has 3 rings (SSSR count). The van der Waals surface area contributed by atoms with Crippen molar-refractivity contribution < 1.29 is 0 Å². The highest BCUT2D eigenvalue weighted by Crippen LogP contribution is 2.39. The monoisotopic (exact) mass is 272 g/mol. The van der Waals surface area contributed by atoms with Gasteiger partial charge in [0, 0.05) is 18.6 Å². The highest BCUT2D eigenvalue weighted by atomic mass is 15.2. The van der Waals surface area contributed by atoms with Gasteiger partial charge in [0.05, 0.1) is 0 Å². The van der Waals surface area contributed by atoms with Gasteiger partial charge in [0.25, 0.3) is 0 Å². The van der Waals surface area contributed by atoms with Crippen molar-refractivity contribution in [2.24, 2.45) is 11.7 Å². The first-order valence-electron chi connectivity index (χ1n) is 8.32. The third kappa shape index (κ3) is 2.64. The van der Waals surface area contributed by atoms with E-state index in [-0.39, 0.29) is 0 Å². The van der Waals surface area contributed by atoms with Gasteiger partial charge in [0.15, 0.2) is 0 Å². The van der Waals surface area contributed by atoms with Crippen molar-refractivity contribution >= 4 is 0 Å². The first kappa shape index (κ1) is 14.1. The molecule has 1 saturated carbocycles. The molecule has 1 aliphatic carbocycles. The highest BCUT2D eigenvalue weighted by Gasteiger charge is 2.40. The van der Waals surface area contributed by atoms with Crippen molar-refractivity contribution in [2.45, 2.75) is 57.0 Å². The fourth-order valence-corrected chi connectivity index (χ4v) is 4.46. The van der Waals surface area contributed by atoms with Crippen LogP contribution in [-0.4, -0.2) is 30.1 Å². The van der Waals surface area contributed by atoms with Gasteiger partial charge in [0.1, 0.15) is 0 Å². The maximum atomic E-state index is 6.17. The molecule has 2 heteroatoms. The van der Waals surface area contributed by atoms with Crippen LogP contribution in [0.15, 0.2) is 30.3 Å². The number of likely N-dealkylation sites (tertiary alicyclic amines) is 1. The van der Waals surface area contributed by atoms with Gasteiger partial charge < -0.3 is 5.73 Å². The molecule has 2 N–H and O–H groups in total. The van der Waals surface area contributed by atoms with E-state index in [1.165, 1.54) is 44.2 Å². The lowest BCUT2D eigenvalue weighted by atomic mass is 9.84. The van der Waals surface area contributed by atoms with Crippen molar-refractivity contribution in [3.05, 3.63) is 35.9 Å². The Hall–Kier alpha value is -0.860. The van der Waals surface area contributed by atoms with E-state index in [0.29, 0.717) is 12.0 Å². The second-order valence-corrected chi connectivity index (χ2v) is 6.64. The zero-order chi connectivity index (χ0) is 13.9. The molecule has 0 spiro atoms. The maximum Gasteiger partial charge on any atom is 0.0287 e. The summed E-state index contributed by atoms with van der Waals surface area (Å²) in [7, 11) is 0. The minimum atomic E-state index is 0.505. The van der Waals surface area contributed by atoms with Crippen LogP contribution >= 0.6 is 0 Å². The van der Waals surface area contributed by atoms with Crippen molar-refractivity contribution in [3.63, 3.8) is 0 Å². The molecular formula is C18H28N2. The Balaban J connectivity index is 1.76. The zero-order valence-electron chi connectivity index (χ0n) is 12.7. The van der Waals surface area contributed by atoms with E-state index >= 15 is 0 Å². The Morgan fingerprint density at radius 1 is 1.15 bits per heavy atom. The molecule has 1 aromatic rings. The Kier molecular flexibility index (Phi) is 4.42. The second-order valence-electron chi connectivity index (χ2n) is 6.64. The van der Waals surface area contributed by atoms with E-state index in [1.807, 2.05) is 0 Å². The molecule has 1 saturated heterocycles. The van der Waals surface area contributed by atoms with E-state index < -0.39 is 0 Å². The largest absolute Gasteiger partial charge is 0.329 e. The third-order valence-electron chi connectivity index (χ3n) is 5.62. The van der Waals surface area contributed by atoms with Crippen LogP contribution in [0.4, 0.5) is 0 Å².